The molecule has 0 bridgehead atoms. The maximum absolute atomic E-state index is 5.96. The first-order valence-electron chi connectivity index (χ1n) is 6.21. The van der Waals surface area contributed by atoms with E-state index in [9.17, 15) is 0 Å². The predicted octanol–water partition coefficient (Wildman–Crippen LogP) is 2.67. The molecule has 0 fully saturated rings. The van der Waals surface area contributed by atoms with Gasteiger partial charge in [0.05, 0.1) is 0 Å². The summed E-state index contributed by atoms with van der Waals surface area (Å²) in [6.07, 6.45) is 10.5. The fraction of sp³-hybridized carbons (Fsp3) is 1.00. The summed E-state index contributed by atoms with van der Waals surface area (Å²) in [5.41, 5.74) is 5.96. The molecule has 0 heterocycles. The molecule has 0 radical (unpaired) electrons. The Bertz CT molecular complexity index is 104. The monoisotopic (exact) mass is 200 g/mol. The molecule has 14 heavy (non-hydrogen) atoms. The van der Waals surface area contributed by atoms with E-state index >= 15 is 0 Å². The minimum Gasteiger partial charge on any atom is -0.328 e. The van der Waals surface area contributed by atoms with Gasteiger partial charge in [-0.3, -0.25) is 0 Å². The third-order valence-corrected chi connectivity index (χ3v) is 2.69. The number of rotatable bonds is 10. The second-order valence-corrected chi connectivity index (χ2v) is 4.21. The molecule has 0 amide bonds. The lowest BCUT2D eigenvalue weighted by atomic mass is 10.0. The molecule has 0 aliphatic carbocycles. The summed E-state index contributed by atoms with van der Waals surface area (Å²) in [5.74, 6) is 0. The number of hydrogen-bond acceptors (Lipinski definition) is 2. The summed E-state index contributed by atoms with van der Waals surface area (Å²) in [4.78, 5) is 0. The van der Waals surface area contributed by atoms with Crippen LogP contribution in [0.5, 0.6) is 0 Å². The van der Waals surface area contributed by atoms with Crippen LogP contribution >= 0.6 is 0 Å². The summed E-state index contributed by atoms with van der Waals surface area (Å²) in [5, 5.41) is 3.14. The third-order valence-electron chi connectivity index (χ3n) is 2.69. The summed E-state index contributed by atoms with van der Waals surface area (Å²) in [6.45, 7) is 3.31. The molecule has 0 aliphatic heterocycles. The van der Waals surface area contributed by atoms with Gasteiger partial charge in [-0.05, 0) is 26.4 Å². The Kier molecular flexibility index (Phi) is 10.9. The molecule has 0 aromatic heterocycles. The fourth-order valence-corrected chi connectivity index (χ4v) is 1.66. The second-order valence-electron chi connectivity index (χ2n) is 4.21. The van der Waals surface area contributed by atoms with E-state index in [4.69, 9.17) is 5.73 Å². The van der Waals surface area contributed by atoms with Crippen LogP contribution < -0.4 is 11.1 Å². The normalized spacial score (nSPS) is 13.1. The van der Waals surface area contributed by atoms with Gasteiger partial charge in [-0.25, -0.2) is 0 Å². The lowest BCUT2D eigenvalue weighted by molar-refractivity contribution is 0.505. The van der Waals surface area contributed by atoms with Crippen LogP contribution in [0.4, 0.5) is 0 Å². The number of hydrogen-bond donors (Lipinski definition) is 2. The van der Waals surface area contributed by atoms with Crippen molar-refractivity contribution in [1.82, 2.24) is 5.32 Å². The van der Waals surface area contributed by atoms with Crippen molar-refractivity contribution in [2.45, 2.75) is 64.3 Å². The molecule has 0 rings (SSSR count). The van der Waals surface area contributed by atoms with E-state index in [-0.39, 0.29) is 0 Å². The SMILES string of the molecule is CCCCCCCCC(N)CCNC. The number of unbranched alkanes of at least 4 members (excludes halogenated alkanes) is 5. The molecule has 0 saturated carbocycles. The first-order valence-corrected chi connectivity index (χ1v) is 6.21. The molecule has 0 aliphatic rings. The fourth-order valence-electron chi connectivity index (χ4n) is 1.66. The predicted molar refractivity (Wildman–Crippen MR) is 64.5 cm³/mol. The third kappa shape index (κ3) is 10.0. The van der Waals surface area contributed by atoms with Crippen LogP contribution in [0.2, 0.25) is 0 Å². The average Bonchev–Trinajstić information content (AvgIpc) is 2.20. The number of nitrogens with one attached hydrogen (secondary N) is 1. The van der Waals surface area contributed by atoms with Crippen molar-refractivity contribution < 1.29 is 0 Å². The molecule has 1 atom stereocenters. The summed E-state index contributed by atoms with van der Waals surface area (Å²) < 4.78 is 0. The quantitative estimate of drug-likeness (QED) is 0.532. The molecular formula is C12H28N2. The highest BCUT2D eigenvalue weighted by Gasteiger charge is 2.00. The summed E-state index contributed by atoms with van der Waals surface area (Å²) >= 11 is 0. The molecule has 86 valence electrons. The smallest absolute Gasteiger partial charge is 0.00509 e. The first kappa shape index (κ1) is 13.9. The molecular weight excluding hydrogens is 172 g/mol. The van der Waals surface area contributed by atoms with Gasteiger partial charge in [0, 0.05) is 6.04 Å². The van der Waals surface area contributed by atoms with Gasteiger partial charge in [0.2, 0.25) is 0 Å². The zero-order valence-electron chi connectivity index (χ0n) is 10.0. The van der Waals surface area contributed by atoms with Gasteiger partial charge in [-0.2, -0.15) is 0 Å². The molecule has 0 spiro atoms. The highest BCUT2D eigenvalue weighted by Crippen LogP contribution is 2.08. The second kappa shape index (κ2) is 11.0. The molecule has 0 saturated heterocycles. The van der Waals surface area contributed by atoms with Crippen molar-refractivity contribution in [3.05, 3.63) is 0 Å². The van der Waals surface area contributed by atoms with Gasteiger partial charge in [0.15, 0.2) is 0 Å². The Hall–Kier alpha value is -0.0800. The van der Waals surface area contributed by atoms with Crippen LogP contribution in [0.3, 0.4) is 0 Å². The van der Waals surface area contributed by atoms with Crippen molar-refractivity contribution >= 4 is 0 Å². The number of nitrogens with two attached hydrogens (primary N) is 1. The van der Waals surface area contributed by atoms with Crippen LogP contribution in [0.25, 0.3) is 0 Å². The van der Waals surface area contributed by atoms with Crippen LogP contribution in [-0.2, 0) is 0 Å². The van der Waals surface area contributed by atoms with Crippen LogP contribution in [0, 0.1) is 0 Å². The van der Waals surface area contributed by atoms with E-state index in [1.54, 1.807) is 0 Å². The molecule has 1 unspecified atom stereocenters. The lowest BCUT2D eigenvalue weighted by Gasteiger charge is -2.10. The van der Waals surface area contributed by atoms with Crippen molar-refractivity contribution in [2.75, 3.05) is 13.6 Å². The van der Waals surface area contributed by atoms with E-state index < -0.39 is 0 Å². The molecule has 3 N–H and O–H groups in total. The van der Waals surface area contributed by atoms with Gasteiger partial charge >= 0.3 is 0 Å². The molecule has 2 nitrogen and oxygen atoms in total. The average molecular weight is 200 g/mol. The Morgan fingerprint density at radius 3 is 2.29 bits per heavy atom. The maximum atomic E-state index is 5.96. The molecule has 2 heteroatoms. The Morgan fingerprint density at radius 2 is 1.64 bits per heavy atom. The summed E-state index contributed by atoms with van der Waals surface area (Å²) in [7, 11) is 1.98. The van der Waals surface area contributed by atoms with E-state index in [1.165, 1.54) is 44.9 Å². The zero-order chi connectivity index (χ0) is 10.6. The lowest BCUT2D eigenvalue weighted by Crippen LogP contribution is -2.24. The Balaban J connectivity index is 3.02. The molecule has 0 aromatic rings. The van der Waals surface area contributed by atoms with Crippen molar-refractivity contribution in [2.24, 2.45) is 5.73 Å². The largest absolute Gasteiger partial charge is 0.328 e. The van der Waals surface area contributed by atoms with Crippen molar-refractivity contribution in [3.63, 3.8) is 0 Å². The highest BCUT2D eigenvalue weighted by atomic mass is 14.8. The van der Waals surface area contributed by atoms with E-state index in [0.29, 0.717) is 6.04 Å². The minimum absolute atomic E-state index is 0.411. The summed E-state index contributed by atoms with van der Waals surface area (Å²) in [6, 6.07) is 0.411. The minimum atomic E-state index is 0.411. The van der Waals surface area contributed by atoms with Gasteiger partial charge in [-0.15, -0.1) is 0 Å². The Morgan fingerprint density at radius 1 is 1.00 bits per heavy atom. The van der Waals surface area contributed by atoms with Gasteiger partial charge in [-0.1, -0.05) is 45.4 Å². The highest BCUT2D eigenvalue weighted by molar-refractivity contribution is 4.62. The van der Waals surface area contributed by atoms with Crippen LogP contribution in [-0.4, -0.2) is 19.6 Å². The van der Waals surface area contributed by atoms with Gasteiger partial charge in [0.25, 0.3) is 0 Å². The van der Waals surface area contributed by atoms with Gasteiger partial charge in [0.1, 0.15) is 0 Å². The topological polar surface area (TPSA) is 38.0 Å². The zero-order valence-corrected chi connectivity index (χ0v) is 10.0. The van der Waals surface area contributed by atoms with Crippen LogP contribution in [0.1, 0.15) is 58.3 Å². The van der Waals surface area contributed by atoms with Crippen molar-refractivity contribution in [1.29, 1.82) is 0 Å². The van der Waals surface area contributed by atoms with Crippen molar-refractivity contribution in [3.8, 4) is 0 Å². The van der Waals surface area contributed by atoms with E-state index in [0.717, 1.165) is 13.0 Å². The van der Waals surface area contributed by atoms with E-state index in [1.807, 2.05) is 7.05 Å². The molecule has 0 aromatic carbocycles. The standard InChI is InChI=1S/C12H28N2/c1-3-4-5-6-7-8-9-12(13)10-11-14-2/h12,14H,3-11,13H2,1-2H3. The van der Waals surface area contributed by atoms with Gasteiger partial charge < -0.3 is 11.1 Å². The van der Waals surface area contributed by atoms with Crippen LogP contribution in [0.15, 0.2) is 0 Å². The Labute approximate surface area is 89.6 Å². The van der Waals surface area contributed by atoms with E-state index in [2.05, 4.69) is 12.2 Å². The maximum Gasteiger partial charge on any atom is 0.00509 e. The first-order chi connectivity index (χ1) is 6.81.